The van der Waals surface area contributed by atoms with Gasteiger partial charge in [0.05, 0.1) is 28.8 Å². The highest BCUT2D eigenvalue weighted by atomic mass is 19.4. The summed E-state index contributed by atoms with van der Waals surface area (Å²) in [6.45, 7) is 1.61. The van der Waals surface area contributed by atoms with Gasteiger partial charge in [0.25, 0.3) is 11.9 Å². The molecule has 8 nitrogen and oxygen atoms in total. The second-order valence-corrected chi connectivity index (χ2v) is 8.63. The SMILES string of the molecule is CC1=C(C#N)C(c2ccc(C#N)cc2)n2nc(NC(=O)c3ccccc3)nc2N1c1cccc(C(F)(F)F)c1. The number of halogens is 3. The fraction of sp³-hybridized carbons (Fsp3) is 0.107. The molecule has 0 spiro atoms. The van der Waals surface area contributed by atoms with Crippen molar-refractivity contribution in [1.29, 1.82) is 10.5 Å². The summed E-state index contributed by atoms with van der Waals surface area (Å²) in [7, 11) is 0. The molecular weight excluding hydrogens is 507 g/mol. The van der Waals surface area contributed by atoms with Crippen molar-refractivity contribution in [1.82, 2.24) is 14.8 Å². The average Bonchev–Trinajstić information content (AvgIpc) is 3.35. The van der Waals surface area contributed by atoms with E-state index in [0.717, 1.165) is 12.1 Å². The summed E-state index contributed by atoms with van der Waals surface area (Å²) in [5.41, 5.74) is 1.15. The number of hydrogen-bond acceptors (Lipinski definition) is 6. The van der Waals surface area contributed by atoms with Crippen LogP contribution in [0.25, 0.3) is 0 Å². The number of amides is 1. The zero-order valence-electron chi connectivity index (χ0n) is 20.3. The molecule has 1 N–H and O–H groups in total. The molecule has 0 fully saturated rings. The number of fused-ring (bicyclic) bond motifs is 1. The molecule has 1 aliphatic heterocycles. The lowest BCUT2D eigenvalue weighted by molar-refractivity contribution is -0.137. The van der Waals surface area contributed by atoms with Gasteiger partial charge >= 0.3 is 6.18 Å². The average molecular weight is 525 g/mol. The first-order chi connectivity index (χ1) is 18.7. The van der Waals surface area contributed by atoms with E-state index in [1.54, 1.807) is 61.5 Å². The highest BCUT2D eigenvalue weighted by Crippen LogP contribution is 2.43. The number of allylic oxidation sites excluding steroid dienone is 2. The Balaban J connectivity index is 1.67. The Hall–Kier alpha value is -5.42. The maximum atomic E-state index is 13.5. The van der Waals surface area contributed by atoms with Crippen LogP contribution >= 0.6 is 0 Å². The van der Waals surface area contributed by atoms with E-state index in [1.807, 2.05) is 6.07 Å². The fourth-order valence-corrected chi connectivity index (χ4v) is 4.37. The van der Waals surface area contributed by atoms with Crippen LogP contribution in [0.4, 0.5) is 30.8 Å². The van der Waals surface area contributed by atoms with Crippen molar-refractivity contribution in [3.05, 3.63) is 112 Å². The molecule has 3 aromatic carbocycles. The van der Waals surface area contributed by atoms with E-state index >= 15 is 0 Å². The van der Waals surface area contributed by atoms with Crippen LogP contribution in [0, 0.1) is 22.7 Å². The third-order valence-corrected chi connectivity index (χ3v) is 6.23. The molecule has 0 radical (unpaired) electrons. The van der Waals surface area contributed by atoms with E-state index in [2.05, 4.69) is 21.5 Å². The minimum Gasteiger partial charge on any atom is -0.289 e. The molecule has 2 heterocycles. The number of aromatic nitrogens is 3. The van der Waals surface area contributed by atoms with Crippen molar-refractivity contribution in [2.24, 2.45) is 0 Å². The van der Waals surface area contributed by atoms with Crippen LogP contribution in [0.1, 0.15) is 40.0 Å². The number of benzene rings is 3. The zero-order chi connectivity index (χ0) is 27.7. The van der Waals surface area contributed by atoms with E-state index in [4.69, 9.17) is 0 Å². The lowest BCUT2D eigenvalue weighted by Gasteiger charge is -2.34. The molecule has 1 aliphatic rings. The summed E-state index contributed by atoms with van der Waals surface area (Å²) in [4.78, 5) is 18.7. The Bertz CT molecular complexity index is 1680. The minimum atomic E-state index is -4.59. The second kappa shape index (κ2) is 9.80. The largest absolute Gasteiger partial charge is 0.416 e. The summed E-state index contributed by atoms with van der Waals surface area (Å²) in [6, 6.07) is 22.9. The number of carbonyl (C=O) groups excluding carboxylic acids is 1. The van der Waals surface area contributed by atoms with Gasteiger partial charge in [-0.2, -0.15) is 28.7 Å². The quantitative estimate of drug-likeness (QED) is 0.352. The highest BCUT2D eigenvalue weighted by molar-refractivity contribution is 6.03. The number of hydrogen-bond donors (Lipinski definition) is 1. The number of nitriles is 2. The van der Waals surface area contributed by atoms with Gasteiger partial charge in [-0.25, -0.2) is 4.68 Å². The first kappa shape index (κ1) is 25.2. The molecule has 1 aromatic heterocycles. The first-order valence-corrected chi connectivity index (χ1v) is 11.6. The van der Waals surface area contributed by atoms with E-state index < -0.39 is 23.7 Å². The van der Waals surface area contributed by atoms with Gasteiger partial charge in [-0.05, 0) is 55.0 Å². The summed E-state index contributed by atoms with van der Waals surface area (Å²) in [6.07, 6.45) is -4.59. The van der Waals surface area contributed by atoms with Gasteiger partial charge in [-0.3, -0.25) is 15.0 Å². The van der Waals surface area contributed by atoms with Gasteiger partial charge in [0.15, 0.2) is 0 Å². The number of rotatable bonds is 4. The lowest BCUT2D eigenvalue weighted by Crippen LogP contribution is -2.31. The lowest BCUT2D eigenvalue weighted by atomic mass is 9.95. The Morgan fingerprint density at radius 2 is 1.69 bits per heavy atom. The van der Waals surface area contributed by atoms with Crippen LogP contribution in [0.5, 0.6) is 0 Å². The van der Waals surface area contributed by atoms with Crippen LogP contribution in [-0.2, 0) is 6.18 Å². The molecule has 0 saturated carbocycles. The highest BCUT2D eigenvalue weighted by Gasteiger charge is 2.37. The van der Waals surface area contributed by atoms with Crippen molar-refractivity contribution in [2.45, 2.75) is 19.1 Å². The fourth-order valence-electron chi connectivity index (χ4n) is 4.37. The standard InChI is InChI=1S/C28H18F3N7O/c1-17-23(16-33)24(19-12-10-18(15-32)11-13-19)38-27(37(17)22-9-5-8-21(14-22)28(29,30)31)35-26(36-38)34-25(39)20-6-3-2-4-7-20/h2-14,24H,1H3,(H,34,36,39). The third-order valence-electron chi connectivity index (χ3n) is 6.23. The monoisotopic (exact) mass is 525 g/mol. The van der Waals surface area contributed by atoms with Gasteiger partial charge in [0.1, 0.15) is 6.04 Å². The summed E-state index contributed by atoms with van der Waals surface area (Å²) >= 11 is 0. The van der Waals surface area contributed by atoms with Gasteiger partial charge in [0, 0.05) is 16.9 Å². The molecule has 0 aliphatic carbocycles. The van der Waals surface area contributed by atoms with Crippen LogP contribution < -0.4 is 10.2 Å². The van der Waals surface area contributed by atoms with Gasteiger partial charge in [-0.15, -0.1) is 5.10 Å². The molecule has 0 bridgehead atoms. The van der Waals surface area contributed by atoms with E-state index in [9.17, 15) is 28.5 Å². The molecule has 192 valence electrons. The molecule has 1 atom stereocenters. The van der Waals surface area contributed by atoms with Crippen LogP contribution in [0.3, 0.4) is 0 Å². The molecule has 5 rings (SSSR count). The van der Waals surface area contributed by atoms with Gasteiger partial charge in [0.2, 0.25) is 5.95 Å². The number of nitrogens with one attached hydrogen (secondary N) is 1. The minimum absolute atomic E-state index is 0.0959. The van der Waals surface area contributed by atoms with Crippen molar-refractivity contribution in [3.8, 4) is 12.1 Å². The Labute approximate surface area is 220 Å². The normalized spacial score (nSPS) is 14.8. The van der Waals surface area contributed by atoms with Crippen LogP contribution in [0.15, 0.2) is 90.1 Å². The Morgan fingerprint density at radius 3 is 2.33 bits per heavy atom. The molecular formula is C28H18F3N7O. The van der Waals surface area contributed by atoms with E-state index in [1.165, 1.54) is 21.7 Å². The van der Waals surface area contributed by atoms with Crippen LogP contribution in [0.2, 0.25) is 0 Å². The van der Waals surface area contributed by atoms with Gasteiger partial charge in [-0.1, -0.05) is 36.4 Å². The third kappa shape index (κ3) is 4.69. The van der Waals surface area contributed by atoms with Crippen molar-refractivity contribution < 1.29 is 18.0 Å². The maximum Gasteiger partial charge on any atom is 0.416 e. The predicted octanol–water partition coefficient (Wildman–Crippen LogP) is 5.96. The smallest absolute Gasteiger partial charge is 0.289 e. The topological polar surface area (TPSA) is 111 Å². The number of alkyl halides is 3. The van der Waals surface area contributed by atoms with Crippen molar-refractivity contribution in [3.63, 3.8) is 0 Å². The summed E-state index contributed by atoms with van der Waals surface area (Å²) < 4.78 is 42.0. The zero-order valence-corrected chi connectivity index (χ0v) is 20.3. The first-order valence-electron chi connectivity index (χ1n) is 11.6. The molecule has 11 heteroatoms. The predicted molar refractivity (Wildman–Crippen MR) is 136 cm³/mol. The maximum absolute atomic E-state index is 13.5. The second-order valence-electron chi connectivity index (χ2n) is 8.63. The molecule has 0 saturated heterocycles. The van der Waals surface area contributed by atoms with Crippen molar-refractivity contribution >= 4 is 23.5 Å². The summed E-state index contributed by atoms with van der Waals surface area (Å²) in [5.74, 6) is -0.478. The number of nitrogens with zero attached hydrogens (tertiary/aromatic N) is 6. The molecule has 1 unspecified atom stereocenters. The molecule has 1 amide bonds. The Morgan fingerprint density at radius 1 is 0.974 bits per heavy atom. The number of carbonyl (C=O) groups is 1. The molecule has 4 aromatic rings. The van der Waals surface area contributed by atoms with Crippen molar-refractivity contribution in [2.75, 3.05) is 10.2 Å². The van der Waals surface area contributed by atoms with Gasteiger partial charge < -0.3 is 0 Å². The van der Waals surface area contributed by atoms with E-state index in [-0.39, 0.29) is 23.2 Å². The number of anilines is 3. The van der Waals surface area contributed by atoms with Crippen LogP contribution in [-0.4, -0.2) is 20.7 Å². The Kier molecular flexibility index (Phi) is 6.34. The van der Waals surface area contributed by atoms with E-state index in [0.29, 0.717) is 22.4 Å². The summed E-state index contributed by atoms with van der Waals surface area (Å²) in [5, 5.41) is 26.4. The molecule has 39 heavy (non-hydrogen) atoms.